The van der Waals surface area contributed by atoms with Crippen LogP contribution < -0.4 is 15.4 Å². The van der Waals surface area contributed by atoms with Gasteiger partial charge in [-0.1, -0.05) is 23.7 Å². The average Bonchev–Trinajstić information content (AvgIpc) is 2.52. The number of amides is 2. The molecular formula is C17H17ClN2O3. The lowest BCUT2D eigenvalue weighted by Crippen LogP contribution is -2.29. The lowest BCUT2D eigenvalue weighted by atomic mass is 10.2. The number of halogens is 1. The van der Waals surface area contributed by atoms with Crippen molar-refractivity contribution in [2.75, 3.05) is 17.7 Å². The third-order valence-electron chi connectivity index (χ3n) is 3.26. The van der Waals surface area contributed by atoms with Crippen LogP contribution in [0.1, 0.15) is 11.1 Å². The van der Waals surface area contributed by atoms with Gasteiger partial charge in [-0.05, 0) is 49.2 Å². The molecule has 2 aromatic carbocycles. The Labute approximate surface area is 139 Å². The number of benzene rings is 2. The Balaban J connectivity index is 2.11. The first-order chi connectivity index (χ1) is 10.9. The standard InChI is InChI=1S/C17H17ClN2O3/c1-10-4-7-13(15(8-10)23-3)19-16(21)17(22)20-14-9-12(18)6-5-11(14)2/h4-9H,1-3H3,(H,19,21)(H,20,22). The second kappa shape index (κ2) is 7.15. The first-order valence-electron chi connectivity index (χ1n) is 6.94. The highest BCUT2D eigenvalue weighted by atomic mass is 35.5. The molecule has 0 saturated carbocycles. The molecule has 2 N–H and O–H groups in total. The summed E-state index contributed by atoms with van der Waals surface area (Å²) < 4.78 is 5.20. The van der Waals surface area contributed by atoms with Gasteiger partial charge in [0.2, 0.25) is 0 Å². The molecule has 0 heterocycles. The van der Waals surface area contributed by atoms with E-state index in [2.05, 4.69) is 10.6 Å². The minimum atomic E-state index is -0.786. The molecule has 2 rings (SSSR count). The molecule has 0 aromatic heterocycles. The van der Waals surface area contributed by atoms with E-state index in [0.717, 1.165) is 11.1 Å². The van der Waals surface area contributed by atoms with Crippen molar-refractivity contribution in [2.24, 2.45) is 0 Å². The van der Waals surface area contributed by atoms with Crippen molar-refractivity contribution in [1.82, 2.24) is 0 Å². The van der Waals surface area contributed by atoms with Crippen molar-refractivity contribution in [2.45, 2.75) is 13.8 Å². The molecule has 5 nitrogen and oxygen atoms in total. The number of anilines is 2. The highest BCUT2D eigenvalue weighted by molar-refractivity contribution is 6.44. The number of hydrogen-bond donors (Lipinski definition) is 2. The van der Waals surface area contributed by atoms with Gasteiger partial charge in [0.15, 0.2) is 0 Å². The van der Waals surface area contributed by atoms with Gasteiger partial charge in [0.25, 0.3) is 0 Å². The highest BCUT2D eigenvalue weighted by Gasteiger charge is 2.17. The molecule has 120 valence electrons. The van der Waals surface area contributed by atoms with E-state index in [1.807, 2.05) is 19.9 Å². The Morgan fingerprint density at radius 3 is 2.26 bits per heavy atom. The van der Waals surface area contributed by atoms with Gasteiger partial charge in [-0.15, -0.1) is 0 Å². The van der Waals surface area contributed by atoms with Crippen molar-refractivity contribution in [1.29, 1.82) is 0 Å². The predicted octanol–water partition coefficient (Wildman–Crippen LogP) is 3.54. The van der Waals surface area contributed by atoms with Gasteiger partial charge in [-0.3, -0.25) is 9.59 Å². The number of methoxy groups -OCH3 is 1. The predicted molar refractivity (Wildman–Crippen MR) is 91.2 cm³/mol. The van der Waals surface area contributed by atoms with Crippen molar-refractivity contribution >= 4 is 34.8 Å². The molecule has 0 saturated heterocycles. The van der Waals surface area contributed by atoms with Crippen molar-refractivity contribution in [3.8, 4) is 5.75 Å². The first kappa shape index (κ1) is 16.8. The van der Waals surface area contributed by atoms with Gasteiger partial charge >= 0.3 is 11.8 Å². The molecule has 0 bridgehead atoms. The number of nitrogens with one attached hydrogen (secondary N) is 2. The summed E-state index contributed by atoms with van der Waals surface area (Å²) in [6.45, 7) is 3.72. The fourth-order valence-corrected chi connectivity index (χ4v) is 2.16. The van der Waals surface area contributed by atoms with Crippen LogP contribution in [-0.2, 0) is 9.59 Å². The fraction of sp³-hybridized carbons (Fsp3) is 0.176. The Hall–Kier alpha value is -2.53. The van der Waals surface area contributed by atoms with E-state index in [4.69, 9.17) is 16.3 Å². The van der Waals surface area contributed by atoms with Crippen molar-refractivity contribution in [3.05, 3.63) is 52.5 Å². The van der Waals surface area contributed by atoms with Gasteiger partial charge in [-0.2, -0.15) is 0 Å². The highest BCUT2D eigenvalue weighted by Crippen LogP contribution is 2.25. The Bertz CT molecular complexity index is 759. The number of carbonyl (C=O) groups excluding carboxylic acids is 2. The molecule has 6 heteroatoms. The summed E-state index contributed by atoms with van der Waals surface area (Å²) in [5.74, 6) is -1.07. The first-order valence-corrected chi connectivity index (χ1v) is 7.31. The van der Waals surface area contributed by atoms with Gasteiger partial charge in [0, 0.05) is 10.7 Å². The zero-order valence-corrected chi connectivity index (χ0v) is 13.8. The molecule has 0 aliphatic carbocycles. The molecule has 0 aliphatic rings. The number of aryl methyl sites for hydroxylation is 2. The van der Waals surface area contributed by atoms with E-state index in [1.54, 1.807) is 30.3 Å². The lowest BCUT2D eigenvalue weighted by Gasteiger charge is -2.12. The smallest absolute Gasteiger partial charge is 0.314 e. The lowest BCUT2D eigenvalue weighted by molar-refractivity contribution is -0.133. The summed E-state index contributed by atoms with van der Waals surface area (Å²) in [5.41, 5.74) is 2.72. The zero-order chi connectivity index (χ0) is 17.0. The molecule has 2 aromatic rings. The second-order valence-electron chi connectivity index (χ2n) is 5.07. The van der Waals surface area contributed by atoms with E-state index < -0.39 is 11.8 Å². The van der Waals surface area contributed by atoms with Crippen LogP contribution in [0.4, 0.5) is 11.4 Å². The summed E-state index contributed by atoms with van der Waals surface area (Å²) in [6, 6.07) is 10.3. The number of ether oxygens (including phenoxy) is 1. The minimum Gasteiger partial charge on any atom is -0.495 e. The minimum absolute atomic E-state index is 0.432. The quantitative estimate of drug-likeness (QED) is 0.845. The molecular weight excluding hydrogens is 316 g/mol. The second-order valence-corrected chi connectivity index (χ2v) is 5.51. The van der Waals surface area contributed by atoms with Crippen LogP contribution in [0.2, 0.25) is 5.02 Å². The van der Waals surface area contributed by atoms with Gasteiger partial charge in [0.05, 0.1) is 12.8 Å². The van der Waals surface area contributed by atoms with Crippen LogP contribution in [0, 0.1) is 13.8 Å². The van der Waals surface area contributed by atoms with Crippen LogP contribution in [0.3, 0.4) is 0 Å². The number of rotatable bonds is 3. The van der Waals surface area contributed by atoms with E-state index >= 15 is 0 Å². The Morgan fingerprint density at radius 2 is 1.61 bits per heavy atom. The SMILES string of the molecule is COc1cc(C)ccc1NC(=O)C(=O)Nc1cc(Cl)ccc1C. The topological polar surface area (TPSA) is 67.4 Å². The van der Waals surface area contributed by atoms with Crippen LogP contribution in [0.5, 0.6) is 5.75 Å². The van der Waals surface area contributed by atoms with E-state index in [-0.39, 0.29) is 0 Å². The third kappa shape index (κ3) is 4.23. The molecule has 0 radical (unpaired) electrons. The third-order valence-corrected chi connectivity index (χ3v) is 3.49. The zero-order valence-electron chi connectivity index (χ0n) is 13.1. The van der Waals surface area contributed by atoms with Crippen LogP contribution >= 0.6 is 11.6 Å². The Morgan fingerprint density at radius 1 is 0.957 bits per heavy atom. The van der Waals surface area contributed by atoms with E-state index in [9.17, 15) is 9.59 Å². The van der Waals surface area contributed by atoms with Crippen molar-refractivity contribution in [3.63, 3.8) is 0 Å². The summed E-state index contributed by atoms with van der Waals surface area (Å²) in [7, 11) is 1.50. The van der Waals surface area contributed by atoms with Gasteiger partial charge in [-0.25, -0.2) is 0 Å². The molecule has 0 aliphatic heterocycles. The maximum Gasteiger partial charge on any atom is 0.314 e. The number of hydrogen-bond acceptors (Lipinski definition) is 3. The molecule has 0 fully saturated rings. The normalized spacial score (nSPS) is 10.1. The summed E-state index contributed by atoms with van der Waals surface area (Å²) in [4.78, 5) is 24.1. The van der Waals surface area contributed by atoms with Crippen molar-refractivity contribution < 1.29 is 14.3 Å². The van der Waals surface area contributed by atoms with Crippen LogP contribution in [-0.4, -0.2) is 18.9 Å². The molecule has 2 amide bonds. The summed E-state index contributed by atoms with van der Waals surface area (Å²) in [6.07, 6.45) is 0. The van der Waals surface area contributed by atoms with E-state index in [1.165, 1.54) is 7.11 Å². The van der Waals surface area contributed by atoms with E-state index in [0.29, 0.717) is 22.1 Å². The Kier molecular flexibility index (Phi) is 5.24. The van der Waals surface area contributed by atoms with Gasteiger partial charge in [0.1, 0.15) is 5.75 Å². The summed E-state index contributed by atoms with van der Waals surface area (Å²) in [5, 5.41) is 5.56. The fourth-order valence-electron chi connectivity index (χ4n) is 1.99. The summed E-state index contributed by atoms with van der Waals surface area (Å²) >= 11 is 5.90. The largest absolute Gasteiger partial charge is 0.495 e. The number of carbonyl (C=O) groups is 2. The maximum atomic E-state index is 12.1. The van der Waals surface area contributed by atoms with Gasteiger partial charge < -0.3 is 15.4 Å². The molecule has 23 heavy (non-hydrogen) atoms. The monoisotopic (exact) mass is 332 g/mol. The maximum absolute atomic E-state index is 12.1. The van der Waals surface area contributed by atoms with Crippen LogP contribution in [0.15, 0.2) is 36.4 Å². The molecule has 0 unspecified atom stereocenters. The molecule has 0 spiro atoms. The molecule has 0 atom stereocenters. The average molecular weight is 333 g/mol. The van der Waals surface area contributed by atoms with Crippen LogP contribution in [0.25, 0.3) is 0 Å².